The fourth-order valence-corrected chi connectivity index (χ4v) is 4.12. The second-order valence-electron chi connectivity index (χ2n) is 5.08. The van der Waals surface area contributed by atoms with Crippen molar-refractivity contribution in [3.63, 3.8) is 0 Å². The molecular weight excluding hydrogens is 280 g/mol. The van der Waals surface area contributed by atoms with E-state index in [-0.39, 0.29) is 0 Å². The summed E-state index contributed by atoms with van der Waals surface area (Å²) >= 11 is 0. The van der Waals surface area contributed by atoms with E-state index in [9.17, 15) is 13.5 Å². The maximum Gasteiger partial charge on any atom is 0.280 e. The van der Waals surface area contributed by atoms with Crippen LogP contribution in [-0.2, 0) is 21.4 Å². The lowest BCUT2D eigenvalue weighted by Gasteiger charge is -2.28. The molecule has 1 fully saturated rings. The molecule has 1 saturated heterocycles. The quantitative estimate of drug-likeness (QED) is 0.811. The Labute approximate surface area is 118 Å². The van der Waals surface area contributed by atoms with Gasteiger partial charge >= 0.3 is 0 Å². The summed E-state index contributed by atoms with van der Waals surface area (Å²) in [4.78, 5) is 0. The van der Waals surface area contributed by atoms with Crippen molar-refractivity contribution in [2.45, 2.75) is 18.6 Å². The average Bonchev–Trinajstić information content (AvgIpc) is 2.76. The third-order valence-electron chi connectivity index (χ3n) is 3.79. The topological polar surface area (TPSA) is 78.9 Å². The maximum absolute atomic E-state index is 12.3. The molecule has 1 aromatic carbocycles. The molecule has 110 valence electrons. The van der Waals surface area contributed by atoms with E-state index in [1.807, 2.05) is 24.3 Å². The van der Waals surface area contributed by atoms with Crippen LogP contribution in [0.15, 0.2) is 24.3 Å². The number of hydrogen-bond acceptors (Lipinski definition) is 4. The molecule has 2 aliphatic rings. The Hall–Kier alpha value is -0.990. The molecule has 7 heteroatoms. The molecule has 1 aromatic rings. The summed E-state index contributed by atoms with van der Waals surface area (Å²) in [6.45, 7) is 1.51. The zero-order valence-electron chi connectivity index (χ0n) is 11.0. The highest BCUT2D eigenvalue weighted by atomic mass is 32.2. The van der Waals surface area contributed by atoms with Crippen LogP contribution in [-0.4, -0.2) is 50.2 Å². The molecule has 1 aliphatic carbocycles. The van der Waals surface area contributed by atoms with E-state index in [0.29, 0.717) is 32.7 Å². The van der Waals surface area contributed by atoms with Crippen LogP contribution in [0.2, 0.25) is 0 Å². The van der Waals surface area contributed by atoms with Gasteiger partial charge in [0, 0.05) is 19.5 Å². The first-order valence-corrected chi connectivity index (χ1v) is 8.13. The molecule has 3 rings (SSSR count). The molecule has 0 spiro atoms. The second kappa shape index (κ2) is 5.42. The van der Waals surface area contributed by atoms with E-state index in [1.165, 1.54) is 4.31 Å². The minimum absolute atomic E-state index is 0.347. The molecule has 20 heavy (non-hydrogen) atoms. The number of hydrogen-bond donors (Lipinski definition) is 2. The zero-order chi connectivity index (χ0) is 14.2. The van der Waals surface area contributed by atoms with E-state index in [4.69, 9.17) is 4.74 Å². The van der Waals surface area contributed by atoms with Crippen molar-refractivity contribution in [2.75, 3.05) is 26.3 Å². The summed E-state index contributed by atoms with van der Waals surface area (Å²) in [5.41, 5.74) is 1.85. The second-order valence-corrected chi connectivity index (χ2v) is 6.78. The van der Waals surface area contributed by atoms with Gasteiger partial charge in [0.15, 0.2) is 0 Å². The number of nitrogens with one attached hydrogen (secondary N) is 1. The molecule has 1 aliphatic heterocycles. The average molecular weight is 298 g/mol. The van der Waals surface area contributed by atoms with Crippen molar-refractivity contribution in [1.29, 1.82) is 0 Å². The lowest BCUT2D eigenvalue weighted by molar-refractivity contribution is 0.0716. The maximum atomic E-state index is 12.3. The molecule has 2 atom stereocenters. The summed E-state index contributed by atoms with van der Waals surface area (Å²) in [5.74, 6) is 0. The number of fused-ring (bicyclic) bond motifs is 1. The largest absolute Gasteiger partial charge is 0.391 e. The molecule has 0 amide bonds. The predicted molar refractivity (Wildman–Crippen MR) is 73.3 cm³/mol. The van der Waals surface area contributed by atoms with Crippen LogP contribution in [0.4, 0.5) is 0 Å². The van der Waals surface area contributed by atoms with E-state index >= 15 is 0 Å². The lowest BCUT2D eigenvalue weighted by Crippen LogP contribution is -2.48. The normalized spacial score (nSPS) is 27.4. The number of aliphatic hydroxyl groups is 1. The van der Waals surface area contributed by atoms with Gasteiger partial charge in [-0.3, -0.25) is 0 Å². The van der Waals surface area contributed by atoms with Gasteiger partial charge in [-0.05, 0) is 11.1 Å². The summed E-state index contributed by atoms with van der Waals surface area (Å²) < 4.78 is 33.8. The molecule has 0 bridgehead atoms. The first kappa shape index (κ1) is 14.0. The molecular formula is C13H18N2O4S. The highest BCUT2D eigenvalue weighted by Gasteiger charge is 2.36. The third-order valence-corrected chi connectivity index (χ3v) is 5.39. The van der Waals surface area contributed by atoms with Crippen LogP contribution in [0.1, 0.15) is 17.2 Å². The SMILES string of the molecule is O=S(=O)(N[C@H]1c2ccccc2C[C@H]1O)N1CCOCC1. The van der Waals surface area contributed by atoms with Crippen LogP contribution in [0.3, 0.4) is 0 Å². The van der Waals surface area contributed by atoms with Gasteiger partial charge in [-0.25, -0.2) is 0 Å². The smallest absolute Gasteiger partial charge is 0.280 e. The predicted octanol–water partition coefficient (Wildman–Crippen LogP) is -0.189. The summed E-state index contributed by atoms with van der Waals surface area (Å²) in [7, 11) is -3.60. The van der Waals surface area contributed by atoms with Crippen molar-refractivity contribution in [3.8, 4) is 0 Å². The first-order valence-electron chi connectivity index (χ1n) is 6.69. The van der Waals surface area contributed by atoms with Gasteiger partial charge in [0.2, 0.25) is 0 Å². The third kappa shape index (κ3) is 2.59. The Bertz CT molecular complexity index is 584. The summed E-state index contributed by atoms with van der Waals surface area (Å²) in [6.07, 6.45) is -0.241. The Morgan fingerprint density at radius 3 is 2.70 bits per heavy atom. The molecule has 1 heterocycles. The number of rotatable bonds is 3. The van der Waals surface area contributed by atoms with Gasteiger partial charge in [0.25, 0.3) is 10.2 Å². The summed E-state index contributed by atoms with van der Waals surface area (Å²) in [6, 6.07) is 6.95. The Kier molecular flexibility index (Phi) is 3.78. The van der Waals surface area contributed by atoms with Gasteiger partial charge in [0.05, 0.1) is 25.4 Å². The molecule has 0 unspecified atom stereocenters. The van der Waals surface area contributed by atoms with Crippen LogP contribution in [0.25, 0.3) is 0 Å². The van der Waals surface area contributed by atoms with Gasteiger partial charge in [-0.2, -0.15) is 17.4 Å². The van der Waals surface area contributed by atoms with Gasteiger partial charge in [-0.1, -0.05) is 24.3 Å². The van der Waals surface area contributed by atoms with E-state index < -0.39 is 22.4 Å². The minimum atomic E-state index is -3.60. The monoisotopic (exact) mass is 298 g/mol. The fraction of sp³-hybridized carbons (Fsp3) is 0.538. The molecule has 2 N–H and O–H groups in total. The molecule has 0 radical (unpaired) electrons. The lowest BCUT2D eigenvalue weighted by atomic mass is 10.1. The Morgan fingerprint density at radius 1 is 1.25 bits per heavy atom. The molecule has 0 aromatic heterocycles. The van der Waals surface area contributed by atoms with Crippen LogP contribution in [0.5, 0.6) is 0 Å². The van der Waals surface area contributed by atoms with Crippen molar-refractivity contribution >= 4 is 10.2 Å². The van der Waals surface area contributed by atoms with Gasteiger partial charge in [-0.15, -0.1) is 0 Å². The van der Waals surface area contributed by atoms with Crippen molar-refractivity contribution in [3.05, 3.63) is 35.4 Å². The van der Waals surface area contributed by atoms with Gasteiger partial charge in [0.1, 0.15) is 0 Å². The van der Waals surface area contributed by atoms with Gasteiger partial charge < -0.3 is 9.84 Å². The number of benzene rings is 1. The van der Waals surface area contributed by atoms with Crippen LogP contribution >= 0.6 is 0 Å². The highest BCUT2D eigenvalue weighted by Crippen LogP contribution is 2.32. The number of ether oxygens (including phenoxy) is 1. The number of nitrogens with zero attached hydrogens (tertiary/aromatic N) is 1. The van der Waals surface area contributed by atoms with Crippen molar-refractivity contribution in [1.82, 2.24) is 9.03 Å². The fourth-order valence-electron chi connectivity index (χ4n) is 2.74. The minimum Gasteiger partial charge on any atom is -0.391 e. The Morgan fingerprint density at radius 2 is 1.95 bits per heavy atom. The number of morpholine rings is 1. The molecule has 0 saturated carbocycles. The van der Waals surface area contributed by atoms with E-state index in [2.05, 4.69) is 4.72 Å². The highest BCUT2D eigenvalue weighted by molar-refractivity contribution is 7.87. The van der Waals surface area contributed by atoms with E-state index in [0.717, 1.165) is 11.1 Å². The standard InChI is InChI=1S/C13H18N2O4S/c16-12-9-10-3-1-2-4-11(10)13(12)14-20(17,18)15-5-7-19-8-6-15/h1-4,12-14,16H,5-9H2/t12-,13+/m1/s1. The van der Waals surface area contributed by atoms with Crippen LogP contribution in [0, 0.1) is 0 Å². The first-order chi connectivity index (χ1) is 9.58. The van der Waals surface area contributed by atoms with Crippen molar-refractivity contribution < 1.29 is 18.3 Å². The Balaban J connectivity index is 1.80. The van der Waals surface area contributed by atoms with E-state index in [1.54, 1.807) is 0 Å². The van der Waals surface area contributed by atoms with Crippen LogP contribution < -0.4 is 4.72 Å². The van der Waals surface area contributed by atoms with Crippen molar-refractivity contribution in [2.24, 2.45) is 0 Å². The summed E-state index contributed by atoms with van der Waals surface area (Å²) in [5, 5.41) is 10.1. The number of aliphatic hydroxyl groups excluding tert-OH is 1. The molecule has 6 nitrogen and oxygen atoms in total. The zero-order valence-corrected chi connectivity index (χ0v) is 11.8.